The first kappa shape index (κ1) is 23.1. The average molecular weight is 428 g/mol. The van der Waals surface area contributed by atoms with Gasteiger partial charge in [-0.15, -0.1) is 0 Å². The van der Waals surface area contributed by atoms with Crippen LogP contribution in [0.15, 0.2) is 48.5 Å². The fraction of sp³-hybridized carbons (Fsp3) is 0.480. The number of halogens is 1. The van der Waals surface area contributed by atoms with Crippen LogP contribution in [0.1, 0.15) is 33.3 Å². The summed E-state index contributed by atoms with van der Waals surface area (Å²) in [5.41, 5.74) is 2.18. The van der Waals surface area contributed by atoms with Crippen LogP contribution in [0.2, 0.25) is 0 Å². The Labute approximate surface area is 185 Å². The number of anilines is 1. The van der Waals surface area contributed by atoms with E-state index in [9.17, 15) is 9.18 Å². The Morgan fingerprint density at radius 3 is 2.45 bits per heavy atom. The Morgan fingerprint density at radius 1 is 1.06 bits per heavy atom. The third-order valence-corrected chi connectivity index (χ3v) is 6.04. The molecule has 2 aromatic carbocycles. The molecular formula is C25H34FN3O2. The van der Waals surface area contributed by atoms with Gasteiger partial charge in [-0.3, -0.25) is 9.69 Å². The third-order valence-electron chi connectivity index (χ3n) is 6.04. The summed E-state index contributed by atoms with van der Waals surface area (Å²) in [6.45, 7) is 12.5. The van der Waals surface area contributed by atoms with Crippen molar-refractivity contribution >= 4 is 11.6 Å². The maximum atomic E-state index is 13.2. The third kappa shape index (κ3) is 5.97. The highest BCUT2D eigenvalue weighted by atomic mass is 19.1. The van der Waals surface area contributed by atoms with Crippen molar-refractivity contribution < 1.29 is 13.9 Å². The Bertz CT molecular complexity index is 854. The minimum atomic E-state index is -0.219. The molecule has 1 saturated heterocycles. The van der Waals surface area contributed by atoms with Crippen LogP contribution in [0.4, 0.5) is 10.1 Å². The van der Waals surface area contributed by atoms with E-state index in [-0.39, 0.29) is 30.4 Å². The molecule has 0 spiro atoms. The van der Waals surface area contributed by atoms with Crippen molar-refractivity contribution in [3.8, 4) is 5.75 Å². The molecular weight excluding hydrogens is 393 g/mol. The second-order valence-electron chi connectivity index (χ2n) is 8.26. The highest BCUT2D eigenvalue weighted by Crippen LogP contribution is 2.22. The molecule has 168 valence electrons. The molecule has 0 bridgehead atoms. The molecule has 0 saturated carbocycles. The average Bonchev–Trinajstić information content (AvgIpc) is 2.77. The summed E-state index contributed by atoms with van der Waals surface area (Å²) < 4.78 is 19.0. The molecule has 0 aliphatic carbocycles. The fourth-order valence-corrected chi connectivity index (χ4v) is 4.18. The van der Waals surface area contributed by atoms with Crippen molar-refractivity contribution in [2.45, 2.75) is 46.3 Å². The zero-order valence-electron chi connectivity index (χ0n) is 19.1. The zero-order valence-corrected chi connectivity index (χ0v) is 19.1. The number of hydrogen-bond acceptors (Lipinski definition) is 4. The summed E-state index contributed by atoms with van der Waals surface area (Å²) >= 11 is 0. The molecule has 5 nitrogen and oxygen atoms in total. The fourth-order valence-electron chi connectivity index (χ4n) is 4.18. The number of carbonyl (C=O) groups excluding carboxylic acids is 1. The van der Waals surface area contributed by atoms with E-state index in [0.29, 0.717) is 12.3 Å². The molecule has 1 amide bonds. The van der Waals surface area contributed by atoms with Crippen molar-refractivity contribution in [2.75, 3.05) is 37.7 Å². The first-order chi connectivity index (χ1) is 14.9. The minimum Gasteiger partial charge on any atom is -0.484 e. The normalized spacial score (nSPS) is 19.3. The summed E-state index contributed by atoms with van der Waals surface area (Å²) in [6, 6.07) is 14.9. The molecule has 0 N–H and O–H groups in total. The smallest absolute Gasteiger partial charge is 0.260 e. The van der Waals surface area contributed by atoms with Gasteiger partial charge in [0.1, 0.15) is 11.6 Å². The molecule has 0 radical (unpaired) electrons. The number of nitrogens with zero attached hydrogens (tertiary/aromatic N) is 3. The predicted octanol–water partition coefficient (Wildman–Crippen LogP) is 4.17. The number of carbonyl (C=O) groups is 1. The lowest BCUT2D eigenvalue weighted by Gasteiger charge is -2.44. The Hall–Kier alpha value is -2.60. The second kappa shape index (κ2) is 10.6. The van der Waals surface area contributed by atoms with E-state index in [1.165, 1.54) is 12.1 Å². The molecule has 1 fully saturated rings. The van der Waals surface area contributed by atoms with E-state index in [0.717, 1.165) is 37.4 Å². The number of amides is 1. The number of ether oxygens (including phenoxy) is 1. The summed E-state index contributed by atoms with van der Waals surface area (Å²) in [6.07, 6.45) is 0. The van der Waals surface area contributed by atoms with E-state index in [1.54, 1.807) is 0 Å². The van der Waals surface area contributed by atoms with Gasteiger partial charge in [0.2, 0.25) is 0 Å². The van der Waals surface area contributed by atoms with Gasteiger partial charge >= 0.3 is 0 Å². The van der Waals surface area contributed by atoms with Crippen molar-refractivity contribution in [2.24, 2.45) is 0 Å². The number of benzene rings is 2. The van der Waals surface area contributed by atoms with E-state index in [2.05, 4.69) is 43.6 Å². The Morgan fingerprint density at radius 2 is 1.77 bits per heavy atom. The van der Waals surface area contributed by atoms with E-state index in [1.807, 2.05) is 35.2 Å². The second-order valence-corrected chi connectivity index (χ2v) is 8.26. The standard InChI is InChI=1S/C25H34FN3O2/c1-5-27(6-2)23-8-7-9-24(14-23)31-18-25(30)29-16-19(3)28(15-20(29)4)17-21-10-12-22(26)13-11-21/h7-14,19-20H,5-6,15-18H2,1-4H3/t19-,20+/m1/s1. The van der Waals surface area contributed by atoms with Crippen molar-refractivity contribution in [3.63, 3.8) is 0 Å². The summed E-state index contributed by atoms with van der Waals surface area (Å²) in [5, 5.41) is 0. The molecule has 1 heterocycles. The van der Waals surface area contributed by atoms with Crippen molar-refractivity contribution in [3.05, 3.63) is 59.9 Å². The van der Waals surface area contributed by atoms with Crippen LogP contribution in [0.25, 0.3) is 0 Å². The number of rotatable bonds is 8. The van der Waals surface area contributed by atoms with Crippen LogP contribution in [-0.4, -0.2) is 60.6 Å². The number of piperazine rings is 1. The zero-order chi connectivity index (χ0) is 22.4. The van der Waals surface area contributed by atoms with Gasteiger partial charge in [-0.2, -0.15) is 0 Å². The molecule has 2 atom stereocenters. The SMILES string of the molecule is CCN(CC)c1cccc(OCC(=O)N2C[C@@H](C)N(Cc3ccc(F)cc3)C[C@@H]2C)c1. The molecule has 0 aromatic heterocycles. The lowest BCUT2D eigenvalue weighted by molar-refractivity contribution is -0.139. The first-order valence-electron chi connectivity index (χ1n) is 11.2. The van der Waals surface area contributed by atoms with Gasteiger partial charge in [0.05, 0.1) is 0 Å². The predicted molar refractivity (Wildman–Crippen MR) is 123 cm³/mol. The molecule has 1 aliphatic heterocycles. The van der Waals surface area contributed by atoms with Crippen molar-refractivity contribution in [1.29, 1.82) is 0 Å². The maximum Gasteiger partial charge on any atom is 0.260 e. The van der Waals surface area contributed by atoms with Gasteiger partial charge in [-0.05, 0) is 57.5 Å². The van der Waals surface area contributed by atoms with E-state index < -0.39 is 0 Å². The van der Waals surface area contributed by atoms with Gasteiger partial charge in [0.15, 0.2) is 6.61 Å². The summed E-state index contributed by atoms with van der Waals surface area (Å²) in [7, 11) is 0. The van der Waals surface area contributed by atoms with Gasteiger partial charge in [-0.1, -0.05) is 18.2 Å². The van der Waals surface area contributed by atoms with Gasteiger partial charge in [-0.25, -0.2) is 4.39 Å². The molecule has 1 aliphatic rings. The minimum absolute atomic E-state index is 0.00836. The molecule has 2 aromatic rings. The van der Waals surface area contributed by atoms with Gasteiger partial charge in [0, 0.05) is 56.6 Å². The largest absolute Gasteiger partial charge is 0.484 e. The highest BCUT2D eigenvalue weighted by molar-refractivity contribution is 5.78. The topological polar surface area (TPSA) is 36.0 Å². The highest BCUT2D eigenvalue weighted by Gasteiger charge is 2.32. The van der Waals surface area contributed by atoms with E-state index in [4.69, 9.17) is 4.74 Å². The van der Waals surface area contributed by atoms with Crippen LogP contribution in [0, 0.1) is 5.82 Å². The number of hydrogen-bond donors (Lipinski definition) is 0. The Kier molecular flexibility index (Phi) is 7.91. The van der Waals surface area contributed by atoms with E-state index >= 15 is 0 Å². The molecule has 6 heteroatoms. The van der Waals surface area contributed by atoms with Gasteiger partial charge < -0.3 is 14.5 Å². The first-order valence-corrected chi connectivity index (χ1v) is 11.2. The van der Waals surface area contributed by atoms with Crippen LogP contribution in [-0.2, 0) is 11.3 Å². The molecule has 31 heavy (non-hydrogen) atoms. The van der Waals surface area contributed by atoms with Crippen molar-refractivity contribution in [1.82, 2.24) is 9.80 Å². The monoisotopic (exact) mass is 427 g/mol. The van der Waals surface area contributed by atoms with Gasteiger partial charge in [0.25, 0.3) is 5.91 Å². The van der Waals surface area contributed by atoms with Crippen LogP contribution in [0.3, 0.4) is 0 Å². The maximum absolute atomic E-state index is 13.2. The quantitative estimate of drug-likeness (QED) is 0.634. The molecule has 3 rings (SSSR count). The lowest BCUT2D eigenvalue weighted by atomic mass is 10.1. The van der Waals surface area contributed by atoms with Crippen LogP contribution < -0.4 is 9.64 Å². The summed E-state index contributed by atoms with van der Waals surface area (Å²) in [4.78, 5) is 19.4. The summed E-state index contributed by atoms with van der Waals surface area (Å²) in [5.74, 6) is 0.505. The molecule has 0 unspecified atom stereocenters. The lowest BCUT2D eigenvalue weighted by Crippen LogP contribution is -2.58. The Balaban J connectivity index is 1.55. The van der Waals surface area contributed by atoms with Crippen LogP contribution >= 0.6 is 0 Å². The van der Waals surface area contributed by atoms with Crippen LogP contribution in [0.5, 0.6) is 5.75 Å².